The minimum Gasteiger partial charge on any atom is -0.478 e. The molecule has 0 atom stereocenters. The fraction of sp³-hybridized carbons (Fsp3) is 0.583. The first-order chi connectivity index (χ1) is 9.88. The summed E-state index contributed by atoms with van der Waals surface area (Å²) in [5.74, 6) is -1.06. The number of hydrogen-bond acceptors (Lipinski definition) is 6. The molecule has 116 valence electrons. The van der Waals surface area contributed by atoms with Crippen LogP contribution in [0.15, 0.2) is 12.5 Å². The summed E-state index contributed by atoms with van der Waals surface area (Å²) in [4.78, 5) is 18.7. The van der Waals surface area contributed by atoms with Gasteiger partial charge >= 0.3 is 5.97 Å². The zero-order valence-corrected chi connectivity index (χ0v) is 12.5. The third-order valence-electron chi connectivity index (χ3n) is 3.51. The standard InChI is InChI=1S/C12H18N4O4S/c1-21(19,20)16-4-2-9(3-5-16)14-7-11-10(12(17)18)6-13-8-15-11/h6,8-9,14H,2-5,7H2,1H3,(H,17,18). The third kappa shape index (κ3) is 4.19. The van der Waals surface area contributed by atoms with E-state index in [1.807, 2.05) is 0 Å². The van der Waals surface area contributed by atoms with E-state index >= 15 is 0 Å². The van der Waals surface area contributed by atoms with E-state index in [0.717, 1.165) is 0 Å². The molecule has 9 heteroatoms. The molecule has 1 aromatic heterocycles. The van der Waals surface area contributed by atoms with Gasteiger partial charge in [0.1, 0.15) is 11.9 Å². The van der Waals surface area contributed by atoms with Gasteiger partial charge in [-0.2, -0.15) is 0 Å². The van der Waals surface area contributed by atoms with Crippen molar-refractivity contribution in [2.45, 2.75) is 25.4 Å². The van der Waals surface area contributed by atoms with Crippen LogP contribution in [0.2, 0.25) is 0 Å². The summed E-state index contributed by atoms with van der Waals surface area (Å²) in [6.45, 7) is 1.28. The van der Waals surface area contributed by atoms with Gasteiger partial charge in [0.2, 0.25) is 10.0 Å². The lowest BCUT2D eigenvalue weighted by Crippen LogP contribution is -2.44. The van der Waals surface area contributed by atoms with Crippen LogP contribution >= 0.6 is 0 Å². The number of carbonyl (C=O) groups is 1. The van der Waals surface area contributed by atoms with E-state index in [4.69, 9.17) is 5.11 Å². The van der Waals surface area contributed by atoms with Gasteiger partial charge in [0.15, 0.2) is 0 Å². The van der Waals surface area contributed by atoms with Crippen LogP contribution in [-0.4, -0.2) is 59.2 Å². The zero-order valence-electron chi connectivity index (χ0n) is 11.7. The summed E-state index contributed by atoms with van der Waals surface area (Å²) < 4.78 is 24.3. The lowest BCUT2D eigenvalue weighted by molar-refractivity contribution is 0.0694. The molecule has 0 amide bonds. The molecule has 21 heavy (non-hydrogen) atoms. The summed E-state index contributed by atoms with van der Waals surface area (Å²) in [7, 11) is -3.13. The Morgan fingerprint density at radius 2 is 2.14 bits per heavy atom. The molecule has 0 saturated carbocycles. The van der Waals surface area contributed by atoms with Crippen LogP contribution < -0.4 is 5.32 Å². The fourth-order valence-electron chi connectivity index (χ4n) is 2.31. The van der Waals surface area contributed by atoms with Crippen molar-refractivity contribution < 1.29 is 18.3 Å². The molecule has 0 bridgehead atoms. The van der Waals surface area contributed by atoms with Crippen LogP contribution in [0.25, 0.3) is 0 Å². The van der Waals surface area contributed by atoms with E-state index < -0.39 is 16.0 Å². The maximum absolute atomic E-state index is 11.4. The maximum atomic E-state index is 11.4. The first kappa shape index (κ1) is 15.8. The molecular formula is C12H18N4O4S. The summed E-state index contributed by atoms with van der Waals surface area (Å²) >= 11 is 0. The normalized spacial score (nSPS) is 17.8. The summed E-state index contributed by atoms with van der Waals surface area (Å²) in [6, 6.07) is 0.152. The van der Waals surface area contributed by atoms with Gasteiger partial charge in [0.05, 0.1) is 11.9 Å². The van der Waals surface area contributed by atoms with Crippen molar-refractivity contribution in [2.24, 2.45) is 0 Å². The molecule has 2 N–H and O–H groups in total. The zero-order chi connectivity index (χ0) is 15.5. The molecule has 1 aliphatic heterocycles. The predicted molar refractivity (Wildman–Crippen MR) is 75.3 cm³/mol. The molecule has 1 aromatic rings. The van der Waals surface area contributed by atoms with Crippen molar-refractivity contribution >= 4 is 16.0 Å². The molecule has 0 radical (unpaired) electrons. The average Bonchev–Trinajstić information content (AvgIpc) is 2.45. The summed E-state index contributed by atoms with van der Waals surface area (Å²) in [5.41, 5.74) is 0.515. The van der Waals surface area contributed by atoms with E-state index in [1.54, 1.807) is 0 Å². The van der Waals surface area contributed by atoms with Crippen LogP contribution in [0, 0.1) is 0 Å². The minimum atomic E-state index is -3.13. The van der Waals surface area contributed by atoms with Gasteiger partial charge < -0.3 is 10.4 Å². The van der Waals surface area contributed by atoms with Gasteiger partial charge in [0.25, 0.3) is 0 Å². The van der Waals surface area contributed by atoms with Crippen LogP contribution in [0.4, 0.5) is 0 Å². The number of aromatic nitrogens is 2. The van der Waals surface area contributed by atoms with Gasteiger partial charge in [-0.05, 0) is 12.8 Å². The van der Waals surface area contributed by atoms with Crippen LogP contribution in [0.5, 0.6) is 0 Å². The fourth-order valence-corrected chi connectivity index (χ4v) is 3.18. The molecule has 2 heterocycles. The van der Waals surface area contributed by atoms with E-state index in [2.05, 4.69) is 15.3 Å². The molecule has 0 aliphatic carbocycles. The molecule has 8 nitrogen and oxygen atoms in total. The van der Waals surface area contributed by atoms with Gasteiger partial charge in [-0.25, -0.2) is 27.5 Å². The second kappa shape index (κ2) is 6.46. The van der Waals surface area contributed by atoms with Crippen molar-refractivity contribution in [2.75, 3.05) is 19.3 Å². The van der Waals surface area contributed by atoms with E-state index in [9.17, 15) is 13.2 Å². The highest BCUT2D eigenvalue weighted by Gasteiger charge is 2.24. The Hall–Kier alpha value is -1.58. The number of aromatic carboxylic acids is 1. The number of hydrogen-bond donors (Lipinski definition) is 2. The third-order valence-corrected chi connectivity index (χ3v) is 4.81. The Morgan fingerprint density at radius 3 is 2.71 bits per heavy atom. The highest BCUT2D eigenvalue weighted by molar-refractivity contribution is 7.88. The Balaban J connectivity index is 1.90. The Morgan fingerprint density at radius 1 is 1.48 bits per heavy atom. The van der Waals surface area contributed by atoms with E-state index in [0.29, 0.717) is 38.2 Å². The minimum absolute atomic E-state index is 0.0820. The topological polar surface area (TPSA) is 112 Å². The number of sulfonamides is 1. The molecule has 2 rings (SSSR count). The van der Waals surface area contributed by atoms with E-state index in [-0.39, 0.29) is 11.6 Å². The van der Waals surface area contributed by atoms with Crippen molar-refractivity contribution in [3.63, 3.8) is 0 Å². The predicted octanol–water partition coefficient (Wildman–Crippen LogP) is -0.312. The average molecular weight is 314 g/mol. The summed E-state index contributed by atoms with van der Waals surface area (Å²) in [5, 5.41) is 12.3. The quantitative estimate of drug-likeness (QED) is 0.766. The maximum Gasteiger partial charge on any atom is 0.339 e. The molecule has 0 spiro atoms. The second-order valence-electron chi connectivity index (χ2n) is 5.01. The monoisotopic (exact) mass is 314 g/mol. The van der Waals surface area contributed by atoms with Crippen molar-refractivity contribution in [3.8, 4) is 0 Å². The molecular weight excluding hydrogens is 296 g/mol. The van der Waals surface area contributed by atoms with Gasteiger partial charge in [0, 0.05) is 31.9 Å². The molecule has 1 saturated heterocycles. The highest BCUT2D eigenvalue weighted by atomic mass is 32.2. The lowest BCUT2D eigenvalue weighted by Gasteiger charge is -2.30. The van der Waals surface area contributed by atoms with Crippen LogP contribution in [-0.2, 0) is 16.6 Å². The van der Waals surface area contributed by atoms with Crippen LogP contribution in [0.1, 0.15) is 28.9 Å². The Labute approximate surface area is 123 Å². The molecule has 0 unspecified atom stereocenters. The largest absolute Gasteiger partial charge is 0.478 e. The molecule has 1 aliphatic rings. The number of carboxylic acid groups (broad SMARTS) is 1. The molecule has 1 fully saturated rings. The van der Waals surface area contributed by atoms with Crippen molar-refractivity contribution in [3.05, 3.63) is 23.8 Å². The summed E-state index contributed by atoms with van der Waals surface area (Å²) in [6.07, 6.45) is 5.19. The highest BCUT2D eigenvalue weighted by Crippen LogP contribution is 2.14. The van der Waals surface area contributed by atoms with Gasteiger partial charge in [-0.15, -0.1) is 0 Å². The number of rotatable bonds is 5. The number of piperidine rings is 1. The second-order valence-corrected chi connectivity index (χ2v) is 6.99. The number of nitrogens with one attached hydrogen (secondary N) is 1. The smallest absolute Gasteiger partial charge is 0.339 e. The van der Waals surface area contributed by atoms with E-state index in [1.165, 1.54) is 23.1 Å². The Kier molecular flexibility index (Phi) is 4.86. The van der Waals surface area contributed by atoms with Crippen LogP contribution in [0.3, 0.4) is 0 Å². The van der Waals surface area contributed by atoms with Gasteiger partial charge in [-0.1, -0.05) is 0 Å². The lowest BCUT2D eigenvalue weighted by atomic mass is 10.1. The Bertz CT molecular complexity index is 611. The van der Waals surface area contributed by atoms with Crippen molar-refractivity contribution in [1.29, 1.82) is 0 Å². The number of nitrogens with zero attached hydrogens (tertiary/aromatic N) is 3. The van der Waals surface area contributed by atoms with Crippen molar-refractivity contribution in [1.82, 2.24) is 19.6 Å². The van der Waals surface area contributed by atoms with Gasteiger partial charge in [-0.3, -0.25) is 0 Å². The SMILES string of the molecule is CS(=O)(=O)N1CCC(NCc2ncncc2C(=O)O)CC1. The molecule has 0 aromatic carbocycles. The first-order valence-corrected chi connectivity index (χ1v) is 8.43. The number of carboxylic acids is 1. The first-order valence-electron chi connectivity index (χ1n) is 6.58.